The van der Waals surface area contributed by atoms with Crippen molar-refractivity contribution in [2.45, 2.75) is 0 Å². The molecule has 1 N–H and O–H groups in total. The Hall–Kier alpha value is -3.31. The summed E-state index contributed by atoms with van der Waals surface area (Å²) < 4.78 is 11.7. The number of carbonyl (C=O) groups is 1. The van der Waals surface area contributed by atoms with Gasteiger partial charge in [-0.3, -0.25) is 4.79 Å². The Labute approximate surface area is 183 Å². The van der Waals surface area contributed by atoms with Gasteiger partial charge in [-0.25, -0.2) is 0 Å². The summed E-state index contributed by atoms with van der Waals surface area (Å²) in [5.41, 5.74) is 2.76. The van der Waals surface area contributed by atoms with Crippen LogP contribution >= 0.6 is 15.9 Å². The van der Waals surface area contributed by atoms with Crippen LogP contribution in [0.1, 0.15) is 0 Å². The van der Waals surface area contributed by atoms with Gasteiger partial charge in [0.2, 0.25) is 5.91 Å². The zero-order valence-electron chi connectivity index (χ0n) is 16.4. The SMILES string of the molecule is COc1ccc(-c2ccc3ccccc3c2Oc2ccc(NC(=O)CBr)cc2)cc1. The highest BCUT2D eigenvalue weighted by Gasteiger charge is 2.13. The molecular weight excluding hydrogens is 442 g/mol. The molecule has 150 valence electrons. The van der Waals surface area contributed by atoms with Crippen LogP contribution in [-0.4, -0.2) is 18.3 Å². The van der Waals surface area contributed by atoms with Gasteiger partial charge >= 0.3 is 0 Å². The molecule has 0 spiro atoms. The van der Waals surface area contributed by atoms with Crippen molar-refractivity contribution >= 4 is 38.3 Å². The molecule has 0 saturated heterocycles. The van der Waals surface area contributed by atoms with Gasteiger partial charge in [0, 0.05) is 16.6 Å². The van der Waals surface area contributed by atoms with Gasteiger partial charge in [-0.1, -0.05) is 58.4 Å². The number of amides is 1. The van der Waals surface area contributed by atoms with Crippen LogP contribution in [0.2, 0.25) is 0 Å². The lowest BCUT2D eigenvalue weighted by Gasteiger charge is -2.15. The number of fused-ring (bicyclic) bond motifs is 1. The number of hydrogen-bond donors (Lipinski definition) is 1. The van der Waals surface area contributed by atoms with Gasteiger partial charge in [-0.2, -0.15) is 0 Å². The van der Waals surface area contributed by atoms with Gasteiger partial charge in [0.1, 0.15) is 17.2 Å². The molecule has 0 aliphatic rings. The van der Waals surface area contributed by atoms with E-state index >= 15 is 0 Å². The van der Waals surface area contributed by atoms with Crippen LogP contribution in [0.25, 0.3) is 21.9 Å². The number of hydrogen-bond acceptors (Lipinski definition) is 3. The number of rotatable bonds is 6. The van der Waals surface area contributed by atoms with Gasteiger partial charge < -0.3 is 14.8 Å². The van der Waals surface area contributed by atoms with Gasteiger partial charge in [-0.05, 0) is 53.4 Å². The monoisotopic (exact) mass is 461 g/mol. The van der Waals surface area contributed by atoms with Crippen molar-refractivity contribution in [3.8, 4) is 28.4 Å². The first-order valence-electron chi connectivity index (χ1n) is 9.48. The minimum Gasteiger partial charge on any atom is -0.497 e. The van der Waals surface area contributed by atoms with E-state index in [2.05, 4.69) is 45.5 Å². The van der Waals surface area contributed by atoms with Crippen molar-refractivity contribution < 1.29 is 14.3 Å². The third-order valence-electron chi connectivity index (χ3n) is 4.76. The number of methoxy groups -OCH3 is 1. The molecule has 1 amide bonds. The quantitative estimate of drug-likeness (QED) is 0.327. The maximum atomic E-state index is 11.6. The number of benzene rings is 4. The molecule has 0 heterocycles. The number of ether oxygens (including phenoxy) is 2. The lowest BCUT2D eigenvalue weighted by molar-refractivity contribution is -0.113. The number of halogens is 1. The Kier molecular flexibility index (Phi) is 6.00. The van der Waals surface area contributed by atoms with E-state index in [9.17, 15) is 4.79 Å². The summed E-state index contributed by atoms with van der Waals surface area (Å²) in [5, 5.41) is 5.20. The van der Waals surface area contributed by atoms with Crippen molar-refractivity contribution in [2.24, 2.45) is 0 Å². The highest BCUT2D eigenvalue weighted by Crippen LogP contribution is 2.40. The van der Waals surface area contributed by atoms with E-state index < -0.39 is 0 Å². The molecule has 4 rings (SSSR count). The van der Waals surface area contributed by atoms with Crippen molar-refractivity contribution in [3.63, 3.8) is 0 Å². The topological polar surface area (TPSA) is 47.6 Å². The van der Waals surface area contributed by atoms with Crippen molar-refractivity contribution in [1.82, 2.24) is 0 Å². The Morgan fingerprint density at radius 1 is 0.867 bits per heavy atom. The minimum absolute atomic E-state index is 0.0977. The van der Waals surface area contributed by atoms with Crippen LogP contribution in [0.3, 0.4) is 0 Å². The second-order valence-corrected chi connectivity index (χ2v) is 7.26. The summed E-state index contributed by atoms with van der Waals surface area (Å²) in [6.45, 7) is 0. The summed E-state index contributed by atoms with van der Waals surface area (Å²) in [6.07, 6.45) is 0. The van der Waals surface area contributed by atoms with E-state index in [0.29, 0.717) is 5.75 Å². The summed E-state index contributed by atoms with van der Waals surface area (Å²) in [4.78, 5) is 11.6. The highest BCUT2D eigenvalue weighted by atomic mass is 79.9. The second kappa shape index (κ2) is 9.01. The lowest BCUT2D eigenvalue weighted by atomic mass is 9.99. The molecule has 4 nitrogen and oxygen atoms in total. The molecule has 0 bridgehead atoms. The molecule has 0 saturated carbocycles. The fraction of sp³-hybridized carbons (Fsp3) is 0.0800. The van der Waals surface area contributed by atoms with Crippen LogP contribution in [-0.2, 0) is 4.79 Å². The zero-order valence-corrected chi connectivity index (χ0v) is 18.0. The van der Waals surface area contributed by atoms with E-state index in [-0.39, 0.29) is 11.2 Å². The van der Waals surface area contributed by atoms with E-state index in [1.807, 2.05) is 60.7 Å². The summed E-state index contributed by atoms with van der Waals surface area (Å²) in [7, 11) is 1.66. The van der Waals surface area contributed by atoms with E-state index in [1.54, 1.807) is 7.11 Å². The highest BCUT2D eigenvalue weighted by molar-refractivity contribution is 9.09. The largest absolute Gasteiger partial charge is 0.497 e. The average molecular weight is 462 g/mol. The van der Waals surface area contributed by atoms with Crippen LogP contribution in [0.5, 0.6) is 17.2 Å². The molecule has 4 aromatic carbocycles. The third-order valence-corrected chi connectivity index (χ3v) is 5.27. The predicted octanol–water partition coefficient (Wildman–Crippen LogP) is 6.64. The third kappa shape index (κ3) is 4.31. The number of anilines is 1. The maximum absolute atomic E-state index is 11.6. The first kappa shape index (κ1) is 20.0. The van der Waals surface area contributed by atoms with E-state index in [4.69, 9.17) is 9.47 Å². The Balaban J connectivity index is 1.73. The molecular formula is C25H20BrNO3. The van der Waals surface area contributed by atoms with Gasteiger partial charge in [-0.15, -0.1) is 0 Å². The molecule has 0 atom stereocenters. The predicted molar refractivity (Wildman–Crippen MR) is 125 cm³/mol. The normalized spacial score (nSPS) is 10.6. The minimum atomic E-state index is -0.0977. The molecule has 30 heavy (non-hydrogen) atoms. The first-order chi connectivity index (χ1) is 14.7. The number of nitrogens with one attached hydrogen (secondary N) is 1. The zero-order chi connectivity index (χ0) is 20.9. The van der Waals surface area contributed by atoms with Gasteiger partial charge in [0.05, 0.1) is 12.4 Å². The van der Waals surface area contributed by atoms with Gasteiger partial charge in [0.15, 0.2) is 0 Å². The molecule has 0 unspecified atom stereocenters. The van der Waals surface area contributed by atoms with Crippen LogP contribution < -0.4 is 14.8 Å². The van der Waals surface area contributed by atoms with Crippen molar-refractivity contribution in [3.05, 3.63) is 84.9 Å². The maximum Gasteiger partial charge on any atom is 0.235 e. The number of carbonyl (C=O) groups excluding carboxylic acids is 1. The van der Waals surface area contributed by atoms with E-state index in [1.165, 1.54) is 0 Å². The smallest absolute Gasteiger partial charge is 0.235 e. The Morgan fingerprint density at radius 2 is 1.57 bits per heavy atom. The molecule has 0 aromatic heterocycles. The summed E-state index contributed by atoms with van der Waals surface area (Å²) in [5.74, 6) is 2.19. The standard InChI is InChI=1S/C25H20BrNO3/c1-29-20-11-6-18(7-12-20)23-15-8-17-4-2-3-5-22(17)25(23)30-21-13-9-19(10-14-21)27-24(28)16-26/h2-15H,16H2,1H3,(H,27,28). The Bertz CT molecular complexity index is 1170. The molecule has 0 aliphatic heterocycles. The summed E-state index contributed by atoms with van der Waals surface area (Å²) in [6, 6.07) is 27.6. The average Bonchev–Trinajstić information content (AvgIpc) is 2.80. The molecule has 0 aliphatic carbocycles. The van der Waals surface area contributed by atoms with Crippen LogP contribution in [0.15, 0.2) is 84.9 Å². The Morgan fingerprint density at radius 3 is 2.27 bits per heavy atom. The fourth-order valence-corrected chi connectivity index (χ4v) is 3.41. The lowest BCUT2D eigenvalue weighted by Crippen LogP contribution is -2.11. The van der Waals surface area contributed by atoms with Crippen LogP contribution in [0, 0.1) is 0 Å². The van der Waals surface area contributed by atoms with Crippen LogP contribution in [0.4, 0.5) is 5.69 Å². The van der Waals surface area contributed by atoms with E-state index in [0.717, 1.165) is 39.1 Å². The molecule has 5 heteroatoms. The molecule has 0 fully saturated rings. The molecule has 0 radical (unpaired) electrons. The second-order valence-electron chi connectivity index (χ2n) is 6.70. The number of alkyl halides is 1. The fourth-order valence-electron chi connectivity index (χ4n) is 3.27. The van der Waals surface area contributed by atoms with Gasteiger partial charge in [0.25, 0.3) is 0 Å². The van der Waals surface area contributed by atoms with Crippen molar-refractivity contribution in [2.75, 3.05) is 17.8 Å². The molecule has 4 aromatic rings. The summed E-state index contributed by atoms with van der Waals surface area (Å²) >= 11 is 3.15. The van der Waals surface area contributed by atoms with Crippen molar-refractivity contribution in [1.29, 1.82) is 0 Å². The first-order valence-corrected chi connectivity index (χ1v) is 10.6.